The summed E-state index contributed by atoms with van der Waals surface area (Å²) in [5.74, 6) is -5.45. The number of carbonyl (C=O) groups is 7. The lowest BCUT2D eigenvalue weighted by Gasteiger charge is -2.30. The first-order valence-electron chi connectivity index (χ1n) is 20.5. The fourth-order valence-electron chi connectivity index (χ4n) is 6.33. The summed E-state index contributed by atoms with van der Waals surface area (Å²) in [6.45, 7) is 12.1. The molecule has 7 amide bonds. The number of nitrogens with two attached hydrogens (primary N) is 1. The highest BCUT2D eigenvalue weighted by Gasteiger charge is 2.35. The van der Waals surface area contributed by atoms with E-state index < -0.39 is 89.4 Å². The number of hydrogen-bond donors (Lipinski definition) is 8. The van der Waals surface area contributed by atoms with E-state index in [0.717, 1.165) is 5.56 Å². The molecule has 15 heteroatoms. The van der Waals surface area contributed by atoms with Crippen molar-refractivity contribution in [3.8, 4) is 5.75 Å². The van der Waals surface area contributed by atoms with Gasteiger partial charge in [0.15, 0.2) is 0 Å². The number of primary amides is 1. The molecule has 3 rings (SSSR count). The van der Waals surface area contributed by atoms with Gasteiger partial charge in [-0.1, -0.05) is 114 Å². The SMILES string of the molecule is CC(C)C[C@@H](NC(=O)/C=C/c1cccc(O)c1)C(=O)N[C@@H](C(=O)N[C@@H](C(=O)N[C@H](Cc1ccccc1)C(=O)N[C@H](Cc1ccccc1)C(=O)N[C@H](C)C(N)=O)C(C)C)C(C)C. The average Bonchev–Trinajstić information content (AvgIpc) is 3.20. The molecule has 0 aliphatic rings. The summed E-state index contributed by atoms with van der Waals surface area (Å²) in [5, 5.41) is 26.1. The lowest BCUT2D eigenvalue weighted by molar-refractivity contribution is -0.136. The third-order valence-electron chi connectivity index (χ3n) is 9.75. The van der Waals surface area contributed by atoms with Gasteiger partial charge in [0.1, 0.15) is 42.0 Å². The van der Waals surface area contributed by atoms with Crippen molar-refractivity contribution in [3.05, 3.63) is 108 Å². The third kappa shape index (κ3) is 16.6. The second-order valence-corrected chi connectivity index (χ2v) is 16.2. The van der Waals surface area contributed by atoms with Crippen LogP contribution in [-0.4, -0.2) is 82.7 Å². The molecule has 0 saturated heterocycles. The van der Waals surface area contributed by atoms with Gasteiger partial charge in [0.2, 0.25) is 41.4 Å². The van der Waals surface area contributed by atoms with E-state index >= 15 is 0 Å². The molecule has 328 valence electrons. The van der Waals surface area contributed by atoms with E-state index in [1.807, 2.05) is 19.9 Å². The van der Waals surface area contributed by atoms with Crippen molar-refractivity contribution < 1.29 is 38.7 Å². The van der Waals surface area contributed by atoms with Crippen LogP contribution in [0.2, 0.25) is 0 Å². The van der Waals surface area contributed by atoms with E-state index in [-0.39, 0.29) is 30.9 Å². The van der Waals surface area contributed by atoms with E-state index in [2.05, 4.69) is 31.9 Å². The zero-order chi connectivity index (χ0) is 45.2. The number of benzene rings is 3. The molecule has 3 aromatic rings. The van der Waals surface area contributed by atoms with Crippen molar-refractivity contribution in [2.45, 2.75) is 104 Å². The number of carbonyl (C=O) groups excluding carboxylic acids is 7. The summed E-state index contributed by atoms with van der Waals surface area (Å²) < 4.78 is 0. The Labute approximate surface area is 358 Å². The minimum absolute atomic E-state index is 0.00539. The molecular weight excluding hydrogens is 779 g/mol. The molecule has 0 unspecified atom stereocenters. The molecule has 0 bridgehead atoms. The van der Waals surface area contributed by atoms with E-state index in [9.17, 15) is 38.7 Å². The number of phenolic OH excluding ortho intramolecular Hbond substituents is 1. The Hall–Kier alpha value is -6.51. The Bertz CT molecular complexity index is 1990. The van der Waals surface area contributed by atoms with E-state index in [4.69, 9.17) is 5.73 Å². The summed E-state index contributed by atoms with van der Waals surface area (Å²) >= 11 is 0. The molecule has 0 aliphatic heterocycles. The smallest absolute Gasteiger partial charge is 0.244 e. The van der Waals surface area contributed by atoms with Crippen molar-refractivity contribution in [1.29, 1.82) is 0 Å². The lowest BCUT2D eigenvalue weighted by Crippen LogP contribution is -2.61. The molecule has 0 fully saturated rings. The number of amides is 7. The zero-order valence-corrected chi connectivity index (χ0v) is 35.9. The van der Waals surface area contributed by atoms with Crippen molar-refractivity contribution >= 4 is 47.4 Å². The van der Waals surface area contributed by atoms with Crippen LogP contribution in [0.4, 0.5) is 0 Å². The van der Waals surface area contributed by atoms with Crippen LogP contribution >= 0.6 is 0 Å². The van der Waals surface area contributed by atoms with Crippen molar-refractivity contribution in [2.24, 2.45) is 23.5 Å². The van der Waals surface area contributed by atoms with E-state index in [1.54, 1.807) is 94.4 Å². The summed E-state index contributed by atoms with van der Waals surface area (Å²) in [6, 6.07) is 17.6. The standard InChI is InChI=1S/C46H61N7O8/c1-27(2)23-35(49-38(55)22-21-33-19-14-20-34(54)24-33)44(59)52-40(29(5)6)46(61)53-39(28(3)4)45(60)51-37(26-32-17-12-9-13-18-32)43(58)50-36(25-31-15-10-8-11-16-31)42(57)48-30(7)41(47)56/h8-22,24,27-30,35-37,39-40,54H,23,25-26H2,1-7H3,(H2,47,56)(H,48,57)(H,49,55)(H,50,58)(H,51,60)(H,52,59)(H,53,61)/b22-21+/t30-,35-,36-,37-,39-,40-/m1/s1. The molecule has 0 aromatic heterocycles. The zero-order valence-electron chi connectivity index (χ0n) is 35.9. The topological polar surface area (TPSA) is 238 Å². The predicted octanol–water partition coefficient (Wildman–Crippen LogP) is 2.66. The van der Waals surface area contributed by atoms with Gasteiger partial charge in [0.25, 0.3) is 0 Å². The number of nitrogens with one attached hydrogen (secondary N) is 6. The van der Waals surface area contributed by atoms with Gasteiger partial charge in [0.05, 0.1) is 0 Å². The van der Waals surface area contributed by atoms with Crippen LogP contribution in [0.3, 0.4) is 0 Å². The molecule has 3 aromatic carbocycles. The maximum absolute atomic E-state index is 14.1. The van der Waals surface area contributed by atoms with Crippen molar-refractivity contribution in [3.63, 3.8) is 0 Å². The molecular formula is C46H61N7O8. The highest BCUT2D eigenvalue weighted by Crippen LogP contribution is 2.14. The molecule has 0 aliphatic carbocycles. The van der Waals surface area contributed by atoms with Crippen molar-refractivity contribution in [1.82, 2.24) is 31.9 Å². The number of hydrogen-bond acceptors (Lipinski definition) is 8. The Kier molecular flexibility index (Phi) is 19.2. The monoisotopic (exact) mass is 839 g/mol. The molecule has 15 nitrogen and oxygen atoms in total. The fraction of sp³-hybridized carbons (Fsp3) is 0.413. The molecule has 61 heavy (non-hydrogen) atoms. The quantitative estimate of drug-likeness (QED) is 0.0699. The van der Waals surface area contributed by atoms with E-state index in [1.165, 1.54) is 31.2 Å². The van der Waals surface area contributed by atoms with Crippen LogP contribution in [0.15, 0.2) is 91.0 Å². The van der Waals surface area contributed by atoms with Gasteiger partial charge in [-0.15, -0.1) is 0 Å². The van der Waals surface area contributed by atoms with Gasteiger partial charge in [-0.05, 0) is 66.0 Å². The fourth-order valence-corrected chi connectivity index (χ4v) is 6.33. The summed E-state index contributed by atoms with van der Waals surface area (Å²) in [7, 11) is 0. The van der Waals surface area contributed by atoms with Gasteiger partial charge in [-0.2, -0.15) is 0 Å². The molecule has 0 radical (unpaired) electrons. The second-order valence-electron chi connectivity index (χ2n) is 16.2. The molecule has 0 saturated carbocycles. The molecule has 9 N–H and O–H groups in total. The summed E-state index contributed by atoms with van der Waals surface area (Å²) in [4.78, 5) is 94.0. The van der Waals surface area contributed by atoms with Gasteiger partial charge in [-0.25, -0.2) is 0 Å². The third-order valence-corrected chi connectivity index (χ3v) is 9.75. The minimum atomic E-state index is -1.21. The van der Waals surface area contributed by atoms with E-state index in [0.29, 0.717) is 11.1 Å². The molecule has 0 heterocycles. The second kappa shape index (κ2) is 23.9. The van der Waals surface area contributed by atoms with Crippen LogP contribution in [0.5, 0.6) is 5.75 Å². The summed E-state index contributed by atoms with van der Waals surface area (Å²) in [5.41, 5.74) is 7.41. The largest absolute Gasteiger partial charge is 0.508 e. The van der Waals surface area contributed by atoms with Crippen molar-refractivity contribution in [2.75, 3.05) is 0 Å². The number of rotatable bonds is 22. The molecule has 0 spiro atoms. The highest BCUT2D eigenvalue weighted by molar-refractivity contribution is 5.98. The van der Waals surface area contributed by atoms with Gasteiger partial charge >= 0.3 is 0 Å². The van der Waals surface area contributed by atoms with Crippen LogP contribution in [-0.2, 0) is 46.4 Å². The summed E-state index contributed by atoms with van der Waals surface area (Å²) in [6.07, 6.45) is 3.12. The predicted molar refractivity (Wildman–Crippen MR) is 233 cm³/mol. The first-order valence-corrected chi connectivity index (χ1v) is 20.5. The highest BCUT2D eigenvalue weighted by atomic mass is 16.3. The minimum Gasteiger partial charge on any atom is -0.508 e. The van der Waals surface area contributed by atoms with Crippen LogP contribution in [0, 0.1) is 17.8 Å². The van der Waals surface area contributed by atoms with Crippen LogP contribution in [0.1, 0.15) is 71.6 Å². The van der Waals surface area contributed by atoms with Crippen LogP contribution < -0.4 is 37.6 Å². The van der Waals surface area contributed by atoms with Gasteiger partial charge in [0, 0.05) is 18.9 Å². The van der Waals surface area contributed by atoms with Gasteiger partial charge < -0.3 is 42.7 Å². The van der Waals surface area contributed by atoms with Crippen LogP contribution in [0.25, 0.3) is 6.08 Å². The first kappa shape index (κ1) is 48.9. The maximum Gasteiger partial charge on any atom is 0.244 e. The number of aromatic hydroxyl groups is 1. The Balaban J connectivity index is 1.82. The number of phenols is 1. The van der Waals surface area contributed by atoms with Gasteiger partial charge in [-0.3, -0.25) is 33.6 Å². The normalized spacial score (nSPS) is 14.3. The maximum atomic E-state index is 14.1. The average molecular weight is 840 g/mol. The Morgan fingerprint density at radius 3 is 1.49 bits per heavy atom. The Morgan fingerprint density at radius 2 is 1.02 bits per heavy atom. The first-order chi connectivity index (χ1) is 28.8. The Morgan fingerprint density at radius 1 is 0.557 bits per heavy atom. The lowest BCUT2D eigenvalue weighted by atomic mass is 9.97. The molecule has 6 atom stereocenters.